The Morgan fingerprint density at radius 2 is 1.78 bits per heavy atom. The molecule has 0 unspecified atom stereocenters. The van der Waals surface area contributed by atoms with Crippen LogP contribution in [-0.2, 0) is 10.0 Å². The lowest BCUT2D eigenvalue weighted by molar-refractivity contribution is 0.601. The van der Waals surface area contributed by atoms with E-state index in [0.29, 0.717) is 17.2 Å². The van der Waals surface area contributed by atoms with Gasteiger partial charge < -0.3 is 0 Å². The third kappa shape index (κ3) is 3.42. The number of anilines is 1. The molecule has 9 nitrogen and oxygen atoms in total. The van der Waals surface area contributed by atoms with Crippen LogP contribution >= 0.6 is 0 Å². The molecule has 0 saturated carbocycles. The fourth-order valence-corrected chi connectivity index (χ4v) is 3.53. The van der Waals surface area contributed by atoms with Gasteiger partial charge >= 0.3 is 0 Å². The predicted molar refractivity (Wildman–Crippen MR) is 98.3 cm³/mol. The maximum Gasteiger partial charge on any atom is 0.265 e. The molecule has 0 amide bonds. The summed E-state index contributed by atoms with van der Waals surface area (Å²) in [5, 5.41) is 15.4. The lowest BCUT2D eigenvalue weighted by Gasteiger charge is -2.08. The van der Waals surface area contributed by atoms with Crippen molar-refractivity contribution in [3.8, 4) is 11.4 Å². The molecule has 0 fully saturated rings. The van der Waals surface area contributed by atoms with Gasteiger partial charge in [-0.05, 0) is 47.7 Å². The van der Waals surface area contributed by atoms with Gasteiger partial charge in [-0.15, -0.1) is 5.10 Å². The summed E-state index contributed by atoms with van der Waals surface area (Å²) in [6.45, 7) is 1.76. The highest BCUT2D eigenvalue weighted by Crippen LogP contribution is 2.19. The Kier molecular flexibility index (Phi) is 4.16. The Bertz CT molecular complexity index is 1180. The maximum atomic E-state index is 12.7. The molecule has 2 heterocycles. The van der Waals surface area contributed by atoms with Crippen molar-refractivity contribution in [1.29, 1.82) is 0 Å². The Balaban J connectivity index is 1.61. The lowest BCUT2D eigenvalue weighted by Crippen LogP contribution is -2.12. The molecule has 0 bridgehead atoms. The molecule has 4 rings (SSSR count). The van der Waals surface area contributed by atoms with Crippen LogP contribution in [0, 0.1) is 6.92 Å². The monoisotopic (exact) mass is 381 g/mol. The van der Waals surface area contributed by atoms with Gasteiger partial charge in [0.1, 0.15) is 4.90 Å². The van der Waals surface area contributed by atoms with E-state index in [-0.39, 0.29) is 4.90 Å². The summed E-state index contributed by atoms with van der Waals surface area (Å²) >= 11 is 0. The summed E-state index contributed by atoms with van der Waals surface area (Å²) in [5.41, 5.74) is 1.82. The summed E-state index contributed by atoms with van der Waals surface area (Å²) in [4.78, 5) is 0.0651. The second kappa shape index (κ2) is 6.65. The number of hydrogen-bond donors (Lipinski definition) is 1. The molecule has 0 saturated heterocycles. The molecule has 27 heavy (non-hydrogen) atoms. The first kappa shape index (κ1) is 16.9. The van der Waals surface area contributed by atoms with Crippen LogP contribution in [0.25, 0.3) is 11.4 Å². The zero-order valence-corrected chi connectivity index (χ0v) is 15.1. The van der Waals surface area contributed by atoms with E-state index in [9.17, 15) is 8.42 Å². The molecule has 0 atom stereocenters. The fraction of sp³-hybridized carbons (Fsp3) is 0.0588. The highest BCUT2D eigenvalue weighted by atomic mass is 32.2. The molecule has 1 N–H and O–H groups in total. The molecule has 2 aromatic heterocycles. The Morgan fingerprint density at radius 1 is 1.00 bits per heavy atom. The van der Waals surface area contributed by atoms with E-state index < -0.39 is 10.0 Å². The normalized spacial score (nSPS) is 11.4. The molecule has 0 spiro atoms. The van der Waals surface area contributed by atoms with Gasteiger partial charge in [0.2, 0.25) is 0 Å². The van der Waals surface area contributed by atoms with Crippen LogP contribution in [0.2, 0.25) is 0 Å². The number of nitrogens with one attached hydrogen (secondary N) is 1. The highest BCUT2D eigenvalue weighted by Gasteiger charge is 2.17. The smallest absolute Gasteiger partial charge is 0.265 e. The molecule has 2 aromatic carbocycles. The van der Waals surface area contributed by atoms with Crippen LogP contribution in [0.3, 0.4) is 0 Å². The summed E-state index contributed by atoms with van der Waals surface area (Å²) in [7, 11) is -3.79. The minimum Gasteiger partial charge on any atom is -0.279 e. The molecule has 0 aliphatic carbocycles. The van der Waals surface area contributed by atoms with Gasteiger partial charge in [0.15, 0.2) is 5.82 Å². The van der Waals surface area contributed by atoms with Crippen molar-refractivity contribution >= 4 is 15.7 Å². The minimum atomic E-state index is -3.79. The topological polar surface area (TPSA) is 108 Å². The van der Waals surface area contributed by atoms with E-state index >= 15 is 0 Å². The molecule has 10 heteroatoms. The van der Waals surface area contributed by atoms with Gasteiger partial charge in [0.05, 0.1) is 29.5 Å². The van der Waals surface area contributed by atoms with Crippen molar-refractivity contribution in [2.24, 2.45) is 0 Å². The summed E-state index contributed by atoms with van der Waals surface area (Å²) in [6, 6.07) is 16.1. The number of hydrogen-bond acceptors (Lipinski definition) is 6. The first-order valence-corrected chi connectivity index (χ1v) is 9.49. The Labute approximate surface area is 155 Å². The van der Waals surface area contributed by atoms with Crippen molar-refractivity contribution in [3.63, 3.8) is 0 Å². The second-order valence-electron chi connectivity index (χ2n) is 5.75. The SMILES string of the molecule is Cc1nnnn1-c1cccc(NS(=O)(=O)c2cnn(-c3ccccc3)c2)c1. The first-order chi connectivity index (χ1) is 13.0. The van der Waals surface area contributed by atoms with Crippen LogP contribution in [-0.4, -0.2) is 38.4 Å². The molecule has 0 aliphatic heterocycles. The molecular weight excluding hydrogens is 366 g/mol. The van der Waals surface area contributed by atoms with Crippen molar-refractivity contribution in [3.05, 3.63) is 72.8 Å². The number of tetrazole rings is 1. The van der Waals surface area contributed by atoms with Gasteiger partial charge in [-0.2, -0.15) is 9.78 Å². The lowest BCUT2D eigenvalue weighted by atomic mass is 10.3. The van der Waals surface area contributed by atoms with Crippen molar-refractivity contribution < 1.29 is 8.42 Å². The van der Waals surface area contributed by atoms with Crippen molar-refractivity contribution in [2.75, 3.05) is 4.72 Å². The first-order valence-electron chi connectivity index (χ1n) is 8.01. The molecular formula is C17H15N7O2S. The number of sulfonamides is 1. The summed E-state index contributed by atoms with van der Waals surface area (Å²) in [5.74, 6) is 0.596. The van der Waals surface area contributed by atoms with Gasteiger partial charge in [-0.3, -0.25) is 4.72 Å². The van der Waals surface area contributed by atoms with Crippen LogP contribution < -0.4 is 4.72 Å². The van der Waals surface area contributed by atoms with Crippen molar-refractivity contribution in [1.82, 2.24) is 30.0 Å². The summed E-state index contributed by atoms with van der Waals surface area (Å²) in [6.07, 6.45) is 2.78. The largest absolute Gasteiger partial charge is 0.279 e. The van der Waals surface area contributed by atoms with Gasteiger partial charge in [-0.25, -0.2) is 13.1 Å². The number of nitrogens with zero attached hydrogens (tertiary/aromatic N) is 6. The van der Waals surface area contributed by atoms with E-state index in [1.54, 1.807) is 31.2 Å². The van der Waals surface area contributed by atoms with E-state index in [0.717, 1.165) is 5.69 Å². The minimum absolute atomic E-state index is 0.0651. The van der Waals surface area contributed by atoms with Gasteiger partial charge in [0, 0.05) is 0 Å². The molecule has 0 radical (unpaired) electrons. The Morgan fingerprint density at radius 3 is 2.52 bits per heavy atom. The van der Waals surface area contributed by atoms with Gasteiger partial charge in [-0.1, -0.05) is 24.3 Å². The van der Waals surface area contributed by atoms with Crippen molar-refractivity contribution in [2.45, 2.75) is 11.8 Å². The zero-order chi connectivity index (χ0) is 18.9. The summed E-state index contributed by atoms with van der Waals surface area (Å²) < 4.78 is 31.0. The van der Waals surface area contributed by atoms with E-state index in [1.807, 2.05) is 30.3 Å². The predicted octanol–water partition coefficient (Wildman–Crippen LogP) is 1.96. The van der Waals surface area contributed by atoms with Crippen LogP contribution in [0.4, 0.5) is 5.69 Å². The zero-order valence-electron chi connectivity index (χ0n) is 14.3. The number of para-hydroxylation sites is 1. The average molecular weight is 381 g/mol. The molecule has 4 aromatic rings. The highest BCUT2D eigenvalue weighted by molar-refractivity contribution is 7.92. The molecule has 0 aliphatic rings. The maximum absolute atomic E-state index is 12.7. The number of aromatic nitrogens is 6. The van der Waals surface area contributed by atoms with Crippen LogP contribution in [0.5, 0.6) is 0 Å². The van der Waals surface area contributed by atoms with Crippen LogP contribution in [0.15, 0.2) is 71.9 Å². The average Bonchev–Trinajstić information content (AvgIpc) is 3.32. The van der Waals surface area contributed by atoms with E-state index in [2.05, 4.69) is 25.3 Å². The molecule has 136 valence electrons. The number of rotatable bonds is 5. The Hall–Kier alpha value is -3.53. The third-order valence-electron chi connectivity index (χ3n) is 3.86. The second-order valence-corrected chi connectivity index (χ2v) is 7.43. The van der Waals surface area contributed by atoms with Crippen LogP contribution in [0.1, 0.15) is 5.82 Å². The quantitative estimate of drug-likeness (QED) is 0.566. The van der Waals surface area contributed by atoms with E-state index in [1.165, 1.54) is 21.8 Å². The van der Waals surface area contributed by atoms with Gasteiger partial charge in [0.25, 0.3) is 10.0 Å². The standard InChI is InChI=1S/C17H15N7O2S/c1-13-19-21-22-24(13)16-9-5-6-14(10-16)20-27(25,26)17-11-18-23(12-17)15-7-3-2-4-8-15/h2-12,20H,1H3. The third-order valence-corrected chi connectivity index (χ3v) is 5.19. The fourth-order valence-electron chi connectivity index (χ4n) is 2.55. The van der Waals surface area contributed by atoms with E-state index in [4.69, 9.17) is 0 Å². The number of benzene rings is 2. The number of aryl methyl sites for hydroxylation is 1.